The van der Waals surface area contributed by atoms with Crippen molar-refractivity contribution in [3.8, 4) is 0 Å². The number of benzene rings is 1. The van der Waals surface area contributed by atoms with Crippen LogP contribution in [0.25, 0.3) is 0 Å². The topological polar surface area (TPSA) is 15.3 Å². The first kappa shape index (κ1) is 16.1. The van der Waals surface area contributed by atoms with E-state index in [9.17, 15) is 0 Å². The molecule has 20 heavy (non-hydrogen) atoms. The lowest BCUT2D eigenvalue weighted by Crippen LogP contribution is -2.43. The average molecular weight is 315 g/mol. The fraction of sp³-hybridized carbons (Fsp3) is 0.625. The number of piperidine rings is 1. The van der Waals surface area contributed by atoms with Crippen LogP contribution in [0.15, 0.2) is 18.2 Å². The van der Waals surface area contributed by atoms with E-state index in [0.717, 1.165) is 37.6 Å². The van der Waals surface area contributed by atoms with Gasteiger partial charge < -0.3 is 5.32 Å². The lowest BCUT2D eigenvalue weighted by atomic mass is 10.0. The van der Waals surface area contributed by atoms with E-state index in [-0.39, 0.29) is 0 Å². The molecule has 1 atom stereocenters. The zero-order valence-electron chi connectivity index (χ0n) is 12.2. The van der Waals surface area contributed by atoms with Crippen LogP contribution < -0.4 is 5.32 Å². The fourth-order valence-electron chi connectivity index (χ4n) is 2.83. The molecule has 1 aromatic carbocycles. The van der Waals surface area contributed by atoms with Gasteiger partial charge in [-0.1, -0.05) is 42.6 Å². The molecular weight excluding hydrogens is 291 g/mol. The van der Waals surface area contributed by atoms with E-state index in [2.05, 4.69) is 17.1 Å². The highest BCUT2D eigenvalue weighted by Crippen LogP contribution is 2.22. The Morgan fingerprint density at radius 3 is 2.80 bits per heavy atom. The van der Waals surface area contributed by atoms with E-state index in [1.165, 1.54) is 24.8 Å². The molecule has 1 unspecified atom stereocenters. The van der Waals surface area contributed by atoms with Crippen LogP contribution in [-0.4, -0.2) is 30.6 Å². The molecule has 1 N–H and O–H groups in total. The van der Waals surface area contributed by atoms with Gasteiger partial charge in [-0.2, -0.15) is 0 Å². The summed E-state index contributed by atoms with van der Waals surface area (Å²) in [6.07, 6.45) is 5.11. The highest BCUT2D eigenvalue weighted by Gasteiger charge is 2.17. The van der Waals surface area contributed by atoms with Crippen molar-refractivity contribution in [3.05, 3.63) is 33.8 Å². The molecule has 0 bridgehead atoms. The van der Waals surface area contributed by atoms with E-state index in [4.69, 9.17) is 23.2 Å². The summed E-state index contributed by atoms with van der Waals surface area (Å²) < 4.78 is 0. The van der Waals surface area contributed by atoms with Crippen LogP contribution in [0.5, 0.6) is 0 Å². The number of nitrogens with zero attached hydrogens (tertiary/aromatic N) is 1. The summed E-state index contributed by atoms with van der Waals surface area (Å²) in [5, 5.41) is 5.10. The third-order valence-electron chi connectivity index (χ3n) is 3.84. The van der Waals surface area contributed by atoms with Gasteiger partial charge in [-0.25, -0.2) is 0 Å². The fourth-order valence-corrected chi connectivity index (χ4v) is 3.30. The van der Waals surface area contributed by atoms with Gasteiger partial charge in [0, 0.05) is 29.2 Å². The van der Waals surface area contributed by atoms with Crippen molar-refractivity contribution in [1.29, 1.82) is 0 Å². The minimum Gasteiger partial charge on any atom is -0.313 e. The molecule has 0 amide bonds. The first-order chi connectivity index (χ1) is 9.69. The number of rotatable bonds is 6. The van der Waals surface area contributed by atoms with E-state index in [1.807, 2.05) is 18.2 Å². The summed E-state index contributed by atoms with van der Waals surface area (Å²) in [5.74, 6) is 0. The Morgan fingerprint density at radius 1 is 1.30 bits per heavy atom. The number of halogens is 2. The molecule has 0 saturated carbocycles. The van der Waals surface area contributed by atoms with Crippen LogP contribution in [0.3, 0.4) is 0 Å². The van der Waals surface area contributed by atoms with Gasteiger partial charge in [0.25, 0.3) is 0 Å². The monoisotopic (exact) mass is 314 g/mol. The van der Waals surface area contributed by atoms with E-state index < -0.39 is 0 Å². The molecule has 2 rings (SSSR count). The van der Waals surface area contributed by atoms with Gasteiger partial charge in [0.05, 0.1) is 0 Å². The summed E-state index contributed by atoms with van der Waals surface area (Å²) in [6, 6.07) is 6.43. The van der Waals surface area contributed by atoms with Crippen LogP contribution in [0.2, 0.25) is 10.0 Å². The molecule has 1 heterocycles. The molecule has 0 aliphatic carbocycles. The Labute approximate surface area is 132 Å². The van der Waals surface area contributed by atoms with Crippen molar-refractivity contribution in [2.24, 2.45) is 0 Å². The summed E-state index contributed by atoms with van der Waals surface area (Å²) in [6.45, 7) is 6.50. The molecular formula is C16H24Cl2N2. The van der Waals surface area contributed by atoms with Crippen LogP contribution in [-0.2, 0) is 6.54 Å². The second kappa shape index (κ2) is 8.23. The Kier molecular flexibility index (Phi) is 6.63. The third kappa shape index (κ3) is 4.92. The highest BCUT2D eigenvalue weighted by molar-refractivity contribution is 6.35. The molecule has 0 spiro atoms. The minimum atomic E-state index is 0.626. The molecule has 2 nitrogen and oxygen atoms in total. The standard InChI is InChI=1S/C16H24Cl2N2/c1-2-9-20(12-15-5-3-4-8-19-15)11-13-6-7-14(17)10-16(13)18/h6-7,10,15,19H,2-5,8-9,11-12H2,1H3. The van der Waals surface area contributed by atoms with Crippen LogP contribution in [0, 0.1) is 0 Å². The maximum atomic E-state index is 6.29. The molecule has 1 aliphatic heterocycles. The first-order valence-corrected chi connectivity index (χ1v) is 8.34. The Balaban J connectivity index is 1.96. The van der Waals surface area contributed by atoms with Gasteiger partial charge in [0.15, 0.2) is 0 Å². The predicted octanol–water partition coefficient (Wildman–Crippen LogP) is 4.35. The molecule has 0 radical (unpaired) electrons. The molecule has 1 fully saturated rings. The third-order valence-corrected chi connectivity index (χ3v) is 4.43. The van der Waals surface area contributed by atoms with E-state index >= 15 is 0 Å². The first-order valence-electron chi connectivity index (χ1n) is 7.58. The Bertz CT molecular complexity index is 417. The Hall–Kier alpha value is -0.280. The number of hydrogen-bond donors (Lipinski definition) is 1. The molecule has 1 aliphatic rings. The lowest BCUT2D eigenvalue weighted by Gasteiger charge is -2.30. The van der Waals surface area contributed by atoms with E-state index in [0.29, 0.717) is 11.1 Å². The lowest BCUT2D eigenvalue weighted by molar-refractivity contribution is 0.217. The second-order valence-corrected chi connectivity index (χ2v) is 6.46. The van der Waals surface area contributed by atoms with Gasteiger partial charge in [-0.15, -0.1) is 0 Å². The van der Waals surface area contributed by atoms with Crippen LogP contribution in [0.1, 0.15) is 38.2 Å². The van der Waals surface area contributed by atoms with Crippen molar-refractivity contribution < 1.29 is 0 Å². The molecule has 0 aromatic heterocycles. The van der Waals surface area contributed by atoms with Crippen molar-refractivity contribution in [1.82, 2.24) is 10.2 Å². The highest BCUT2D eigenvalue weighted by atomic mass is 35.5. The zero-order valence-corrected chi connectivity index (χ0v) is 13.7. The second-order valence-electron chi connectivity index (χ2n) is 5.62. The SMILES string of the molecule is CCCN(Cc1ccc(Cl)cc1Cl)CC1CCCCN1. The van der Waals surface area contributed by atoms with Crippen molar-refractivity contribution in [2.45, 2.75) is 45.2 Å². The van der Waals surface area contributed by atoms with Crippen LogP contribution in [0.4, 0.5) is 0 Å². The number of nitrogens with one attached hydrogen (secondary N) is 1. The molecule has 4 heteroatoms. The minimum absolute atomic E-state index is 0.626. The summed E-state index contributed by atoms with van der Waals surface area (Å²) in [4.78, 5) is 2.50. The summed E-state index contributed by atoms with van der Waals surface area (Å²) >= 11 is 12.3. The largest absolute Gasteiger partial charge is 0.313 e. The van der Waals surface area contributed by atoms with Gasteiger partial charge >= 0.3 is 0 Å². The quantitative estimate of drug-likeness (QED) is 0.840. The summed E-state index contributed by atoms with van der Waals surface area (Å²) in [7, 11) is 0. The van der Waals surface area contributed by atoms with Gasteiger partial charge in [-0.3, -0.25) is 4.90 Å². The number of hydrogen-bond acceptors (Lipinski definition) is 2. The van der Waals surface area contributed by atoms with Crippen molar-refractivity contribution in [2.75, 3.05) is 19.6 Å². The van der Waals surface area contributed by atoms with Crippen LogP contribution >= 0.6 is 23.2 Å². The predicted molar refractivity (Wildman–Crippen MR) is 87.7 cm³/mol. The zero-order chi connectivity index (χ0) is 14.4. The van der Waals surface area contributed by atoms with E-state index in [1.54, 1.807) is 0 Å². The average Bonchev–Trinajstić information content (AvgIpc) is 2.43. The Morgan fingerprint density at radius 2 is 2.15 bits per heavy atom. The smallest absolute Gasteiger partial charge is 0.0465 e. The normalized spacial score (nSPS) is 19.5. The molecule has 112 valence electrons. The van der Waals surface area contributed by atoms with Gasteiger partial charge in [0.2, 0.25) is 0 Å². The molecule has 1 aromatic rings. The van der Waals surface area contributed by atoms with Gasteiger partial charge in [-0.05, 0) is 50.0 Å². The maximum Gasteiger partial charge on any atom is 0.0465 e. The van der Waals surface area contributed by atoms with Crippen molar-refractivity contribution in [3.63, 3.8) is 0 Å². The molecule has 1 saturated heterocycles. The summed E-state index contributed by atoms with van der Waals surface area (Å²) in [5.41, 5.74) is 1.17. The maximum absolute atomic E-state index is 6.29. The van der Waals surface area contributed by atoms with Crippen molar-refractivity contribution >= 4 is 23.2 Å². The van der Waals surface area contributed by atoms with Gasteiger partial charge in [0.1, 0.15) is 0 Å².